The molecule has 0 spiro atoms. The van der Waals surface area contributed by atoms with Gasteiger partial charge in [0.15, 0.2) is 0 Å². The lowest BCUT2D eigenvalue weighted by atomic mass is 9.43. The van der Waals surface area contributed by atoms with E-state index in [2.05, 4.69) is 31.4 Å². The Kier molecular flexibility index (Phi) is 9.71. The maximum Gasteiger partial charge on any atom is 0.482 e. The minimum atomic E-state index is -0.731. The van der Waals surface area contributed by atoms with Gasteiger partial charge in [-0.1, -0.05) is 38.1 Å². The first-order valence-corrected chi connectivity index (χ1v) is 16.9. The molecule has 260 valence electrons. The second-order valence-corrected chi connectivity index (χ2v) is 16.2. The number of hydrogen-bond acceptors (Lipinski definition) is 8. The van der Waals surface area contributed by atoms with Crippen molar-refractivity contribution in [2.24, 2.45) is 17.3 Å². The molecule has 2 amide bonds. The van der Waals surface area contributed by atoms with Crippen molar-refractivity contribution in [2.75, 3.05) is 7.11 Å². The van der Waals surface area contributed by atoms with Gasteiger partial charge in [0.1, 0.15) is 22.5 Å². The van der Waals surface area contributed by atoms with E-state index < -0.39 is 41.9 Å². The molecular weight excluding hydrogens is 611 g/mol. The van der Waals surface area contributed by atoms with E-state index in [1.807, 2.05) is 32.9 Å². The summed E-state index contributed by atoms with van der Waals surface area (Å²) in [6.45, 7) is 17.8. The van der Waals surface area contributed by atoms with Crippen LogP contribution in [0.25, 0.3) is 0 Å². The van der Waals surface area contributed by atoms with Crippen molar-refractivity contribution in [3.05, 3.63) is 64.7 Å². The van der Waals surface area contributed by atoms with Crippen LogP contribution in [0.15, 0.2) is 42.5 Å². The van der Waals surface area contributed by atoms with Crippen LogP contribution in [0, 0.1) is 17.3 Å². The molecule has 10 nitrogen and oxygen atoms in total. The molecule has 5 atom stereocenters. The van der Waals surface area contributed by atoms with Crippen molar-refractivity contribution in [3.8, 4) is 5.75 Å². The van der Waals surface area contributed by atoms with Gasteiger partial charge in [0.25, 0.3) is 5.91 Å². The van der Waals surface area contributed by atoms with Crippen LogP contribution < -0.4 is 15.4 Å². The van der Waals surface area contributed by atoms with Crippen LogP contribution in [0.4, 0.5) is 4.79 Å². The van der Waals surface area contributed by atoms with E-state index in [0.29, 0.717) is 34.3 Å². The molecule has 2 N–H and O–H groups in total. The molecule has 2 aromatic carbocycles. The number of amides is 2. The number of esters is 1. The Balaban J connectivity index is 1.40. The Morgan fingerprint density at radius 3 is 2.31 bits per heavy atom. The lowest BCUT2D eigenvalue weighted by Crippen LogP contribution is -2.65. The van der Waals surface area contributed by atoms with Gasteiger partial charge in [-0.25, -0.2) is 9.59 Å². The third-order valence-electron chi connectivity index (χ3n) is 10.00. The SMILES string of the molecule is COc1c(CC(NC(=O)c2cccc(CNC(=O)OC(C)(C)C)c2)B2OC3CC4CC(C4(C)C)C3(C)O2)cccc1C(=O)OC(C)(C)C. The molecule has 2 aromatic rings. The summed E-state index contributed by atoms with van der Waals surface area (Å²) in [5.41, 5.74) is 0.536. The number of para-hydroxylation sites is 1. The quantitative estimate of drug-likeness (QED) is 0.238. The van der Waals surface area contributed by atoms with Crippen LogP contribution in [-0.4, -0.2) is 61.0 Å². The molecular formula is C37H51BN2O8. The van der Waals surface area contributed by atoms with E-state index in [1.54, 1.807) is 51.1 Å². The fourth-order valence-corrected chi connectivity index (χ4v) is 7.57. The molecule has 1 aliphatic heterocycles. The lowest BCUT2D eigenvalue weighted by molar-refractivity contribution is -0.199. The molecule has 11 heteroatoms. The van der Waals surface area contributed by atoms with Crippen molar-refractivity contribution in [1.29, 1.82) is 0 Å². The zero-order valence-electron chi connectivity index (χ0n) is 30.0. The first-order chi connectivity index (χ1) is 22.3. The summed E-state index contributed by atoms with van der Waals surface area (Å²) in [6, 6.07) is 12.4. The van der Waals surface area contributed by atoms with Gasteiger partial charge in [-0.3, -0.25) is 4.79 Å². The third-order valence-corrected chi connectivity index (χ3v) is 10.00. The first-order valence-electron chi connectivity index (χ1n) is 16.9. The number of alkyl carbamates (subject to hydrolysis) is 1. The molecule has 1 heterocycles. The van der Waals surface area contributed by atoms with Gasteiger partial charge in [0.2, 0.25) is 0 Å². The van der Waals surface area contributed by atoms with Gasteiger partial charge >= 0.3 is 19.2 Å². The van der Waals surface area contributed by atoms with Crippen LogP contribution in [0.2, 0.25) is 0 Å². The first kappa shape index (κ1) is 35.7. The van der Waals surface area contributed by atoms with Crippen LogP contribution in [-0.2, 0) is 31.7 Å². The van der Waals surface area contributed by atoms with Gasteiger partial charge < -0.3 is 34.2 Å². The highest BCUT2D eigenvalue weighted by Gasteiger charge is 2.68. The summed E-state index contributed by atoms with van der Waals surface area (Å²) in [4.78, 5) is 39.3. The average Bonchev–Trinajstić information content (AvgIpc) is 3.35. The largest absolute Gasteiger partial charge is 0.496 e. The maximum atomic E-state index is 13.9. The van der Waals surface area contributed by atoms with Crippen molar-refractivity contribution in [2.45, 2.75) is 117 Å². The second kappa shape index (κ2) is 13.0. The highest BCUT2D eigenvalue weighted by Crippen LogP contribution is 2.65. The summed E-state index contributed by atoms with van der Waals surface area (Å²) in [6.07, 6.45) is 1.66. The highest BCUT2D eigenvalue weighted by atomic mass is 16.7. The van der Waals surface area contributed by atoms with Crippen LogP contribution in [0.1, 0.15) is 107 Å². The van der Waals surface area contributed by atoms with Gasteiger partial charge in [-0.15, -0.1) is 0 Å². The predicted molar refractivity (Wildman–Crippen MR) is 183 cm³/mol. The van der Waals surface area contributed by atoms with Crippen LogP contribution in [0.3, 0.4) is 0 Å². The molecule has 48 heavy (non-hydrogen) atoms. The van der Waals surface area contributed by atoms with Crippen molar-refractivity contribution >= 4 is 25.1 Å². The summed E-state index contributed by atoms with van der Waals surface area (Å²) in [5, 5.41) is 5.93. The Morgan fingerprint density at radius 2 is 1.67 bits per heavy atom. The number of ether oxygens (including phenoxy) is 3. The van der Waals surface area contributed by atoms with E-state index in [9.17, 15) is 14.4 Å². The normalized spacial score (nSPS) is 24.9. The smallest absolute Gasteiger partial charge is 0.482 e. The Bertz CT molecular complexity index is 1550. The van der Waals surface area contributed by atoms with E-state index in [0.717, 1.165) is 18.4 Å². The molecule has 0 aromatic heterocycles. The Hall–Kier alpha value is -3.57. The number of carbonyl (C=O) groups excluding carboxylic acids is 3. The van der Waals surface area contributed by atoms with Crippen molar-refractivity contribution < 1.29 is 37.9 Å². The molecule has 5 unspecified atom stereocenters. The number of nitrogens with one attached hydrogen (secondary N) is 2. The number of rotatable bonds is 9. The lowest BCUT2D eigenvalue weighted by Gasteiger charge is -2.64. The minimum Gasteiger partial charge on any atom is -0.496 e. The van der Waals surface area contributed by atoms with E-state index >= 15 is 0 Å². The van der Waals surface area contributed by atoms with Crippen LogP contribution >= 0.6 is 0 Å². The molecule has 6 rings (SSSR count). The molecule has 0 radical (unpaired) electrons. The molecule has 3 saturated carbocycles. The second-order valence-electron chi connectivity index (χ2n) is 16.2. The monoisotopic (exact) mass is 662 g/mol. The van der Waals surface area contributed by atoms with Gasteiger partial charge in [-0.05, 0) is 114 Å². The van der Waals surface area contributed by atoms with E-state index in [-0.39, 0.29) is 30.4 Å². The minimum absolute atomic E-state index is 0.0871. The highest BCUT2D eigenvalue weighted by molar-refractivity contribution is 6.48. The fourth-order valence-electron chi connectivity index (χ4n) is 7.57. The van der Waals surface area contributed by atoms with Gasteiger partial charge in [0, 0.05) is 12.1 Å². The number of methoxy groups -OCH3 is 1. The summed E-state index contributed by atoms with van der Waals surface area (Å²) >= 11 is 0. The molecule has 2 bridgehead atoms. The van der Waals surface area contributed by atoms with Crippen molar-refractivity contribution in [1.82, 2.24) is 10.6 Å². The molecule has 4 aliphatic rings. The van der Waals surface area contributed by atoms with Crippen LogP contribution in [0.5, 0.6) is 5.75 Å². The van der Waals surface area contributed by atoms with E-state index in [1.165, 1.54) is 7.11 Å². The fraction of sp³-hybridized carbons (Fsp3) is 0.595. The van der Waals surface area contributed by atoms with E-state index in [4.69, 9.17) is 23.5 Å². The Morgan fingerprint density at radius 1 is 0.979 bits per heavy atom. The average molecular weight is 663 g/mol. The number of benzene rings is 2. The zero-order valence-corrected chi connectivity index (χ0v) is 30.0. The summed E-state index contributed by atoms with van der Waals surface area (Å²) in [7, 11) is 0.788. The molecule has 1 saturated heterocycles. The molecule has 4 fully saturated rings. The Labute approximate surface area is 285 Å². The number of hydrogen-bond donors (Lipinski definition) is 2. The predicted octanol–water partition coefficient (Wildman–Crippen LogP) is 6.28. The zero-order chi connectivity index (χ0) is 35.2. The summed E-state index contributed by atoms with van der Waals surface area (Å²) in [5.74, 6) is -0.142. The summed E-state index contributed by atoms with van der Waals surface area (Å²) < 4.78 is 30.3. The maximum absolute atomic E-state index is 13.9. The molecule has 3 aliphatic carbocycles. The third kappa shape index (κ3) is 7.52. The van der Waals surface area contributed by atoms with Gasteiger partial charge in [-0.2, -0.15) is 0 Å². The topological polar surface area (TPSA) is 121 Å². The van der Waals surface area contributed by atoms with Crippen molar-refractivity contribution in [3.63, 3.8) is 0 Å². The number of carbonyl (C=O) groups is 3. The standard InChI is InChI=1S/C37H51BN2O8/c1-34(2,3)45-32(42)26-16-12-14-23(30(26)44-10)18-29(38-47-28-20-25-19-27(36(25,7)8)37(28,9)48-38)40-31(41)24-15-11-13-22(17-24)21-39-33(43)46-35(4,5)6/h11-17,25,27-29H,18-21H2,1-10H3,(H,39,43)(H,40,41). The van der Waals surface area contributed by atoms with Gasteiger partial charge in [0.05, 0.1) is 24.8 Å².